The predicted octanol–water partition coefficient (Wildman–Crippen LogP) is 3.34. The number of carbonyl (C=O) groups excluding carboxylic acids is 1. The lowest BCUT2D eigenvalue weighted by atomic mass is 10.0. The van der Waals surface area contributed by atoms with Gasteiger partial charge in [0.1, 0.15) is 0 Å². The molecule has 0 aliphatic heterocycles. The second kappa shape index (κ2) is 9.64. The lowest BCUT2D eigenvalue weighted by molar-refractivity contribution is -0.141. The summed E-state index contributed by atoms with van der Waals surface area (Å²) in [7, 11) is 0. The Morgan fingerprint density at radius 2 is 1.62 bits per heavy atom. The number of nitrogens with one attached hydrogen (secondary N) is 1. The second-order valence-electron chi connectivity index (χ2n) is 6.66. The Hall–Kier alpha value is -1.26. The maximum Gasteiger partial charge on any atom is 0.317 e. The summed E-state index contributed by atoms with van der Waals surface area (Å²) >= 11 is 0. The number of hydrogen-bond donors (Lipinski definition) is 2. The standard InChI is InChI=1S/C16H32N2O3/c1-11(2)10-18(12(3)4)16(21)17-14(6)9-7-8-13(5)15(19)20/h11-14H,7-10H2,1-6H3,(H,17,21)(H,19,20). The van der Waals surface area contributed by atoms with E-state index in [-0.39, 0.29) is 24.0 Å². The molecule has 5 nitrogen and oxygen atoms in total. The van der Waals surface area contributed by atoms with Crippen LogP contribution in [0.4, 0.5) is 4.79 Å². The van der Waals surface area contributed by atoms with Gasteiger partial charge in [-0.2, -0.15) is 0 Å². The van der Waals surface area contributed by atoms with Gasteiger partial charge in [-0.15, -0.1) is 0 Å². The molecule has 0 aromatic carbocycles. The molecule has 0 saturated carbocycles. The molecule has 124 valence electrons. The van der Waals surface area contributed by atoms with Crippen molar-refractivity contribution < 1.29 is 14.7 Å². The topological polar surface area (TPSA) is 69.6 Å². The summed E-state index contributed by atoms with van der Waals surface area (Å²) in [6.07, 6.45) is 2.26. The fourth-order valence-corrected chi connectivity index (χ4v) is 2.14. The number of rotatable bonds is 9. The molecule has 0 aromatic rings. The van der Waals surface area contributed by atoms with Crippen molar-refractivity contribution in [2.45, 2.75) is 72.9 Å². The third-order valence-electron chi connectivity index (χ3n) is 3.51. The average molecular weight is 300 g/mol. The minimum absolute atomic E-state index is 0.0301. The highest BCUT2D eigenvalue weighted by Gasteiger charge is 2.19. The van der Waals surface area contributed by atoms with Crippen LogP contribution in [0.2, 0.25) is 0 Å². The first kappa shape index (κ1) is 19.7. The number of carboxylic acids is 1. The van der Waals surface area contributed by atoms with E-state index < -0.39 is 5.97 Å². The molecule has 2 amide bonds. The maximum absolute atomic E-state index is 12.3. The van der Waals surface area contributed by atoms with Crippen molar-refractivity contribution in [2.75, 3.05) is 6.54 Å². The van der Waals surface area contributed by atoms with Crippen molar-refractivity contribution in [1.29, 1.82) is 0 Å². The summed E-state index contributed by atoms with van der Waals surface area (Å²) in [6.45, 7) is 12.7. The predicted molar refractivity (Wildman–Crippen MR) is 85.3 cm³/mol. The molecule has 21 heavy (non-hydrogen) atoms. The van der Waals surface area contributed by atoms with E-state index in [1.54, 1.807) is 6.92 Å². The van der Waals surface area contributed by atoms with Crippen molar-refractivity contribution in [2.24, 2.45) is 11.8 Å². The minimum Gasteiger partial charge on any atom is -0.481 e. The average Bonchev–Trinajstić information content (AvgIpc) is 2.34. The van der Waals surface area contributed by atoms with Crippen LogP contribution in [0.3, 0.4) is 0 Å². The molecule has 0 aliphatic rings. The lowest BCUT2D eigenvalue weighted by Gasteiger charge is -2.30. The first-order valence-corrected chi connectivity index (χ1v) is 7.95. The first-order chi connectivity index (χ1) is 9.65. The van der Waals surface area contributed by atoms with Crippen molar-refractivity contribution >= 4 is 12.0 Å². The van der Waals surface area contributed by atoms with Gasteiger partial charge in [-0.1, -0.05) is 27.2 Å². The van der Waals surface area contributed by atoms with E-state index in [4.69, 9.17) is 5.11 Å². The number of aliphatic carboxylic acids is 1. The molecule has 2 N–H and O–H groups in total. The summed E-state index contributed by atoms with van der Waals surface area (Å²) in [6, 6.07) is 0.205. The number of nitrogens with zero attached hydrogens (tertiary/aromatic N) is 1. The lowest BCUT2D eigenvalue weighted by Crippen LogP contribution is -2.48. The van der Waals surface area contributed by atoms with Gasteiger partial charge in [0.25, 0.3) is 0 Å². The summed E-state index contributed by atoms with van der Waals surface area (Å²) < 4.78 is 0. The van der Waals surface area contributed by atoms with Crippen LogP contribution in [0.1, 0.15) is 60.8 Å². The first-order valence-electron chi connectivity index (χ1n) is 7.95. The Bertz CT molecular complexity index is 329. The van der Waals surface area contributed by atoms with Crippen LogP contribution in [0.15, 0.2) is 0 Å². The van der Waals surface area contributed by atoms with Crippen molar-refractivity contribution in [3.8, 4) is 0 Å². The monoisotopic (exact) mass is 300 g/mol. The molecule has 0 spiro atoms. The molecule has 5 heteroatoms. The number of hydrogen-bond acceptors (Lipinski definition) is 2. The van der Waals surface area contributed by atoms with E-state index in [1.165, 1.54) is 0 Å². The van der Waals surface area contributed by atoms with Gasteiger partial charge in [-0.3, -0.25) is 4.79 Å². The van der Waals surface area contributed by atoms with Crippen LogP contribution in [-0.2, 0) is 4.79 Å². The second-order valence-corrected chi connectivity index (χ2v) is 6.66. The van der Waals surface area contributed by atoms with Gasteiger partial charge in [0.05, 0.1) is 5.92 Å². The summed E-state index contributed by atoms with van der Waals surface area (Å²) in [5.74, 6) is -0.638. The maximum atomic E-state index is 12.3. The normalized spacial score (nSPS) is 14.1. The molecule has 0 aliphatic carbocycles. The van der Waals surface area contributed by atoms with Crippen LogP contribution in [0.25, 0.3) is 0 Å². The van der Waals surface area contributed by atoms with E-state index in [1.807, 2.05) is 25.7 Å². The van der Waals surface area contributed by atoms with E-state index in [0.717, 1.165) is 19.4 Å². The van der Waals surface area contributed by atoms with Crippen LogP contribution < -0.4 is 5.32 Å². The SMILES string of the molecule is CC(C)CN(C(=O)NC(C)CCCC(C)C(=O)O)C(C)C. The zero-order valence-electron chi connectivity index (χ0n) is 14.3. The fraction of sp³-hybridized carbons (Fsp3) is 0.875. The van der Waals surface area contributed by atoms with Crippen LogP contribution in [0.5, 0.6) is 0 Å². The Labute approximate surface area is 129 Å². The van der Waals surface area contributed by atoms with Gasteiger partial charge in [0.2, 0.25) is 0 Å². The molecule has 0 saturated heterocycles. The van der Waals surface area contributed by atoms with E-state index in [2.05, 4.69) is 19.2 Å². The molecule has 2 atom stereocenters. The largest absolute Gasteiger partial charge is 0.481 e. The minimum atomic E-state index is -0.755. The molecule has 0 bridgehead atoms. The quantitative estimate of drug-likeness (QED) is 0.686. The smallest absolute Gasteiger partial charge is 0.317 e. The Kier molecular flexibility index (Phi) is 9.06. The number of amides is 2. The van der Waals surface area contributed by atoms with Gasteiger partial charge in [0, 0.05) is 18.6 Å². The molecule has 0 aromatic heterocycles. The Morgan fingerprint density at radius 1 is 1.05 bits per heavy atom. The number of urea groups is 1. The van der Waals surface area contributed by atoms with Gasteiger partial charge in [-0.05, 0) is 39.5 Å². The molecule has 0 fully saturated rings. The highest BCUT2D eigenvalue weighted by Crippen LogP contribution is 2.11. The molecular formula is C16H32N2O3. The van der Waals surface area contributed by atoms with Crippen molar-refractivity contribution in [1.82, 2.24) is 10.2 Å². The molecule has 0 radical (unpaired) electrons. The summed E-state index contributed by atoms with van der Waals surface area (Å²) in [4.78, 5) is 24.8. The highest BCUT2D eigenvalue weighted by molar-refractivity contribution is 5.74. The highest BCUT2D eigenvalue weighted by atomic mass is 16.4. The van der Waals surface area contributed by atoms with Crippen molar-refractivity contribution in [3.63, 3.8) is 0 Å². The summed E-state index contributed by atoms with van der Waals surface area (Å²) in [5.41, 5.74) is 0. The molecule has 2 unspecified atom stereocenters. The van der Waals surface area contributed by atoms with Crippen molar-refractivity contribution in [3.05, 3.63) is 0 Å². The van der Waals surface area contributed by atoms with Crippen LogP contribution in [0, 0.1) is 11.8 Å². The van der Waals surface area contributed by atoms with E-state index >= 15 is 0 Å². The van der Waals surface area contributed by atoms with E-state index in [9.17, 15) is 9.59 Å². The number of carbonyl (C=O) groups is 2. The fourth-order valence-electron chi connectivity index (χ4n) is 2.14. The summed E-state index contributed by atoms with van der Waals surface area (Å²) in [5, 5.41) is 11.8. The van der Waals surface area contributed by atoms with Gasteiger partial charge >= 0.3 is 12.0 Å². The van der Waals surface area contributed by atoms with Gasteiger partial charge in [-0.25, -0.2) is 4.79 Å². The Morgan fingerprint density at radius 3 is 2.05 bits per heavy atom. The third-order valence-corrected chi connectivity index (χ3v) is 3.51. The molecule has 0 rings (SSSR count). The zero-order valence-corrected chi connectivity index (χ0v) is 14.3. The van der Waals surface area contributed by atoms with Gasteiger partial charge < -0.3 is 15.3 Å². The Balaban J connectivity index is 4.20. The van der Waals surface area contributed by atoms with Gasteiger partial charge in [0.15, 0.2) is 0 Å². The van der Waals surface area contributed by atoms with Crippen LogP contribution >= 0.6 is 0 Å². The molecular weight excluding hydrogens is 268 g/mol. The zero-order chi connectivity index (χ0) is 16.6. The number of carboxylic acid groups (broad SMARTS) is 1. The molecule has 0 heterocycles. The van der Waals surface area contributed by atoms with Crippen LogP contribution in [-0.4, -0.2) is 40.6 Å². The third kappa shape index (κ3) is 8.58. The van der Waals surface area contributed by atoms with E-state index in [0.29, 0.717) is 12.3 Å².